The molecule has 0 fully saturated rings. The molecular formula is C20H25N3O2. The molecule has 1 aromatic heterocycles. The van der Waals surface area contributed by atoms with E-state index in [4.69, 9.17) is 0 Å². The molecule has 0 bridgehead atoms. The summed E-state index contributed by atoms with van der Waals surface area (Å²) in [6.45, 7) is 2.66. The van der Waals surface area contributed by atoms with Gasteiger partial charge < -0.3 is 15.4 Å². The number of likely N-dealkylation sites (N-methyl/N-ethyl adjacent to an activating group) is 1. The molecule has 2 aromatic rings. The Balaban J connectivity index is 1.71. The lowest BCUT2D eigenvalue weighted by Crippen LogP contribution is -2.48. The summed E-state index contributed by atoms with van der Waals surface area (Å²) in [5, 5.41) is 13.6. The van der Waals surface area contributed by atoms with Crippen LogP contribution in [0.4, 0.5) is 0 Å². The van der Waals surface area contributed by atoms with Gasteiger partial charge in [0.1, 0.15) is 0 Å². The van der Waals surface area contributed by atoms with Crippen LogP contribution in [-0.2, 0) is 11.2 Å². The number of aromatic amines is 1. The molecule has 1 aliphatic heterocycles. The maximum Gasteiger partial charge on any atom is 0.228 e. The van der Waals surface area contributed by atoms with Gasteiger partial charge in [-0.25, -0.2) is 0 Å². The Morgan fingerprint density at radius 2 is 2.32 bits per heavy atom. The Morgan fingerprint density at radius 1 is 1.48 bits per heavy atom. The van der Waals surface area contributed by atoms with Crippen LogP contribution in [0.1, 0.15) is 24.5 Å². The molecule has 5 nitrogen and oxygen atoms in total. The van der Waals surface area contributed by atoms with E-state index in [1.807, 2.05) is 6.92 Å². The van der Waals surface area contributed by atoms with E-state index < -0.39 is 0 Å². The number of aromatic nitrogens is 1. The van der Waals surface area contributed by atoms with Crippen LogP contribution in [0, 0.1) is 5.92 Å². The van der Waals surface area contributed by atoms with E-state index >= 15 is 0 Å². The number of hydrogen-bond donors (Lipinski definition) is 3. The van der Waals surface area contributed by atoms with Gasteiger partial charge in [-0.15, -0.1) is 0 Å². The monoisotopic (exact) mass is 339 g/mol. The zero-order chi connectivity index (χ0) is 17.6. The molecule has 2 aliphatic rings. The van der Waals surface area contributed by atoms with Crippen molar-refractivity contribution in [2.45, 2.75) is 31.8 Å². The molecule has 0 radical (unpaired) electrons. The first kappa shape index (κ1) is 16.4. The van der Waals surface area contributed by atoms with Crippen LogP contribution in [0.3, 0.4) is 0 Å². The van der Waals surface area contributed by atoms with Gasteiger partial charge in [-0.2, -0.15) is 0 Å². The molecule has 2 heterocycles. The van der Waals surface area contributed by atoms with Gasteiger partial charge >= 0.3 is 0 Å². The van der Waals surface area contributed by atoms with Gasteiger partial charge in [0.15, 0.2) is 0 Å². The normalized spacial score (nSPS) is 23.9. The molecule has 132 valence electrons. The van der Waals surface area contributed by atoms with Crippen LogP contribution < -0.4 is 5.32 Å². The topological polar surface area (TPSA) is 68.4 Å². The molecule has 5 heteroatoms. The third-order valence-corrected chi connectivity index (χ3v) is 5.66. The number of nitrogens with one attached hydrogen (secondary N) is 2. The van der Waals surface area contributed by atoms with Crippen molar-refractivity contribution in [2.24, 2.45) is 5.92 Å². The quantitative estimate of drug-likeness (QED) is 0.797. The van der Waals surface area contributed by atoms with Gasteiger partial charge in [-0.1, -0.05) is 25.1 Å². The van der Waals surface area contributed by atoms with Crippen molar-refractivity contribution < 1.29 is 9.90 Å². The average molecular weight is 339 g/mol. The second kappa shape index (κ2) is 6.32. The van der Waals surface area contributed by atoms with E-state index in [-0.39, 0.29) is 24.5 Å². The molecular weight excluding hydrogens is 314 g/mol. The summed E-state index contributed by atoms with van der Waals surface area (Å²) >= 11 is 0. The molecule has 0 spiro atoms. The highest BCUT2D eigenvalue weighted by Gasteiger charge is 2.35. The first-order valence-corrected chi connectivity index (χ1v) is 9.05. The second-order valence-corrected chi connectivity index (χ2v) is 7.23. The fraction of sp³-hybridized carbons (Fsp3) is 0.450. The molecule has 0 saturated carbocycles. The highest BCUT2D eigenvalue weighted by molar-refractivity contribution is 5.99. The fourth-order valence-electron chi connectivity index (χ4n) is 4.20. The van der Waals surface area contributed by atoms with Gasteiger partial charge in [0.25, 0.3) is 0 Å². The number of fused-ring (bicyclic) bond motifs is 2. The van der Waals surface area contributed by atoms with E-state index in [2.05, 4.69) is 52.7 Å². The predicted octanol–water partition coefficient (Wildman–Crippen LogP) is 1.92. The van der Waals surface area contributed by atoms with E-state index in [1.165, 1.54) is 22.1 Å². The Bertz CT molecular complexity index is 835. The molecule has 1 amide bonds. The summed E-state index contributed by atoms with van der Waals surface area (Å²) < 4.78 is 0. The van der Waals surface area contributed by atoms with Crippen molar-refractivity contribution >= 4 is 22.4 Å². The van der Waals surface area contributed by atoms with Gasteiger partial charge in [-0.3, -0.25) is 9.69 Å². The average Bonchev–Trinajstić information content (AvgIpc) is 3.04. The third-order valence-electron chi connectivity index (χ3n) is 5.66. The van der Waals surface area contributed by atoms with Crippen LogP contribution in [0.5, 0.6) is 0 Å². The maximum absolute atomic E-state index is 12.7. The number of hydrogen-bond acceptors (Lipinski definition) is 3. The molecule has 4 rings (SSSR count). The molecule has 1 unspecified atom stereocenters. The second-order valence-electron chi connectivity index (χ2n) is 7.23. The minimum atomic E-state index is -0.187. The summed E-state index contributed by atoms with van der Waals surface area (Å²) in [5.41, 5.74) is 5.01. The smallest absolute Gasteiger partial charge is 0.228 e. The molecule has 25 heavy (non-hydrogen) atoms. The van der Waals surface area contributed by atoms with Crippen LogP contribution in [0.25, 0.3) is 16.5 Å². The van der Waals surface area contributed by atoms with Crippen molar-refractivity contribution in [2.75, 3.05) is 20.2 Å². The summed E-state index contributed by atoms with van der Waals surface area (Å²) in [5.74, 6) is -0.182. The van der Waals surface area contributed by atoms with Crippen LogP contribution >= 0.6 is 0 Å². The lowest BCUT2D eigenvalue weighted by molar-refractivity contribution is -0.125. The first-order chi connectivity index (χ1) is 12.1. The highest BCUT2D eigenvalue weighted by atomic mass is 16.3. The van der Waals surface area contributed by atoms with Gasteiger partial charge in [-0.05, 0) is 42.7 Å². The Hall–Kier alpha value is -2.11. The largest absolute Gasteiger partial charge is 0.394 e. The standard InChI is InChI=1S/C20H25N3O2/c1-3-14(11-24)22-20(25)13-7-16-15-5-4-6-17-19(15)12(9-21-17)8-18(16)23(2)10-13/h4-7,9,13-14,18,21,24H,3,8,10-11H2,1-2H3,(H,22,25)/t13-,14?,18+/m0/s1. The van der Waals surface area contributed by atoms with Crippen LogP contribution in [-0.4, -0.2) is 53.2 Å². The zero-order valence-corrected chi connectivity index (χ0v) is 14.7. The molecule has 1 aromatic carbocycles. The van der Waals surface area contributed by atoms with Gasteiger partial charge in [0.05, 0.1) is 18.6 Å². The minimum absolute atomic E-state index is 0.00532. The summed E-state index contributed by atoms with van der Waals surface area (Å²) in [7, 11) is 2.10. The van der Waals surface area contributed by atoms with Gasteiger partial charge in [0, 0.05) is 29.7 Å². The molecule has 3 atom stereocenters. The number of nitrogens with zero attached hydrogens (tertiary/aromatic N) is 1. The van der Waals surface area contributed by atoms with Crippen molar-refractivity contribution in [3.05, 3.63) is 41.6 Å². The lowest BCUT2D eigenvalue weighted by atomic mass is 9.80. The van der Waals surface area contributed by atoms with Crippen molar-refractivity contribution in [3.63, 3.8) is 0 Å². The number of aliphatic hydroxyl groups excluding tert-OH is 1. The lowest BCUT2D eigenvalue weighted by Gasteiger charge is -2.39. The molecule has 0 saturated heterocycles. The Kier molecular flexibility index (Phi) is 4.13. The van der Waals surface area contributed by atoms with E-state index in [9.17, 15) is 9.90 Å². The number of carbonyl (C=O) groups is 1. The third kappa shape index (κ3) is 2.68. The number of carbonyl (C=O) groups excluding carboxylic acids is 1. The number of rotatable bonds is 4. The molecule has 1 aliphatic carbocycles. The van der Waals surface area contributed by atoms with E-state index in [1.54, 1.807) is 0 Å². The minimum Gasteiger partial charge on any atom is -0.394 e. The number of H-pyrrole nitrogens is 1. The van der Waals surface area contributed by atoms with Gasteiger partial charge in [0.2, 0.25) is 5.91 Å². The molecule has 3 N–H and O–H groups in total. The number of aliphatic hydroxyl groups is 1. The van der Waals surface area contributed by atoms with E-state index in [0.717, 1.165) is 18.4 Å². The Morgan fingerprint density at radius 3 is 3.08 bits per heavy atom. The van der Waals surface area contributed by atoms with Crippen LogP contribution in [0.15, 0.2) is 30.5 Å². The van der Waals surface area contributed by atoms with Crippen molar-refractivity contribution in [1.29, 1.82) is 0 Å². The predicted molar refractivity (Wildman–Crippen MR) is 99.2 cm³/mol. The first-order valence-electron chi connectivity index (χ1n) is 9.05. The van der Waals surface area contributed by atoms with Crippen molar-refractivity contribution in [1.82, 2.24) is 15.2 Å². The number of benzene rings is 1. The van der Waals surface area contributed by atoms with Crippen molar-refractivity contribution in [3.8, 4) is 0 Å². The summed E-state index contributed by atoms with van der Waals surface area (Å²) in [6, 6.07) is 6.49. The summed E-state index contributed by atoms with van der Waals surface area (Å²) in [6.07, 6.45) is 5.97. The highest BCUT2D eigenvalue weighted by Crippen LogP contribution is 2.40. The SMILES string of the molecule is CCC(CO)NC(=O)[C@H]1C=C2c3cccc4[nH]cc(c34)C[C@H]2N(C)C1. The fourth-order valence-corrected chi connectivity index (χ4v) is 4.20. The Labute approximate surface area is 147 Å². The maximum atomic E-state index is 12.7. The van der Waals surface area contributed by atoms with Crippen LogP contribution in [0.2, 0.25) is 0 Å². The number of amides is 1. The summed E-state index contributed by atoms with van der Waals surface area (Å²) in [4.78, 5) is 18.3. The van der Waals surface area contributed by atoms with E-state index in [0.29, 0.717) is 12.6 Å². The zero-order valence-electron chi connectivity index (χ0n) is 14.7.